The van der Waals surface area contributed by atoms with Crippen LogP contribution < -0.4 is 0 Å². The Bertz CT molecular complexity index is 472. The Morgan fingerprint density at radius 2 is 2.32 bits per heavy atom. The Balaban J connectivity index is 2.03. The van der Waals surface area contributed by atoms with E-state index in [4.69, 9.17) is 5.11 Å². The third-order valence-corrected chi connectivity index (χ3v) is 4.38. The van der Waals surface area contributed by atoms with E-state index in [1.807, 2.05) is 12.3 Å². The highest BCUT2D eigenvalue weighted by atomic mass is 32.1. The van der Waals surface area contributed by atoms with Crippen LogP contribution in [0.5, 0.6) is 0 Å². The highest BCUT2D eigenvalue weighted by Gasteiger charge is 2.31. The highest BCUT2D eigenvalue weighted by molar-refractivity contribution is 7.09. The fraction of sp³-hybridized carbons (Fsp3) is 0.615. The number of rotatable bonds is 4. The fourth-order valence-corrected chi connectivity index (χ4v) is 3.08. The molecule has 1 N–H and O–H groups in total. The Morgan fingerprint density at radius 3 is 2.95 bits per heavy atom. The van der Waals surface area contributed by atoms with Gasteiger partial charge in [0.2, 0.25) is 5.91 Å². The van der Waals surface area contributed by atoms with Crippen molar-refractivity contribution in [1.82, 2.24) is 9.88 Å². The lowest BCUT2D eigenvalue weighted by atomic mass is 10.0. The molecular weight excluding hydrogens is 264 g/mol. The number of carbonyl (C=O) groups is 2. The number of amides is 1. The monoisotopic (exact) mass is 282 g/mol. The lowest BCUT2D eigenvalue weighted by Gasteiger charge is -2.32. The molecule has 0 saturated carbocycles. The largest absolute Gasteiger partial charge is 0.480 e. The second kappa shape index (κ2) is 6.14. The lowest BCUT2D eigenvalue weighted by molar-refractivity contribution is -0.151. The summed E-state index contributed by atoms with van der Waals surface area (Å²) < 4.78 is 0. The van der Waals surface area contributed by atoms with E-state index in [1.165, 1.54) is 4.90 Å². The van der Waals surface area contributed by atoms with Crippen molar-refractivity contribution in [3.8, 4) is 0 Å². The van der Waals surface area contributed by atoms with E-state index in [-0.39, 0.29) is 12.3 Å². The maximum atomic E-state index is 12.2. The number of likely N-dealkylation sites (tertiary alicyclic amines) is 1. The molecule has 19 heavy (non-hydrogen) atoms. The van der Waals surface area contributed by atoms with E-state index in [9.17, 15) is 9.59 Å². The molecule has 1 saturated heterocycles. The van der Waals surface area contributed by atoms with Crippen LogP contribution in [0.3, 0.4) is 0 Å². The van der Waals surface area contributed by atoms with E-state index >= 15 is 0 Å². The van der Waals surface area contributed by atoms with Gasteiger partial charge in [-0.25, -0.2) is 9.78 Å². The standard InChI is InChI=1S/C13H18N2O3S/c1-2-11-14-9(8-19-11)7-12(16)15-6-4-3-5-10(15)13(17)18/h8,10H,2-7H2,1H3,(H,17,18)/t10-/m1/s1. The summed E-state index contributed by atoms with van der Waals surface area (Å²) in [5.74, 6) is -1.03. The van der Waals surface area contributed by atoms with Crippen LogP contribution in [0, 0.1) is 0 Å². The van der Waals surface area contributed by atoms with Crippen LogP contribution in [0.2, 0.25) is 0 Å². The molecule has 0 bridgehead atoms. The Hall–Kier alpha value is -1.43. The topological polar surface area (TPSA) is 70.5 Å². The van der Waals surface area contributed by atoms with Gasteiger partial charge in [0.15, 0.2) is 0 Å². The smallest absolute Gasteiger partial charge is 0.326 e. The first-order valence-electron chi connectivity index (χ1n) is 6.57. The number of aryl methyl sites for hydroxylation is 1. The van der Waals surface area contributed by atoms with Crippen molar-refractivity contribution in [1.29, 1.82) is 0 Å². The van der Waals surface area contributed by atoms with Crippen molar-refractivity contribution in [3.05, 3.63) is 16.1 Å². The first-order chi connectivity index (χ1) is 9.11. The van der Waals surface area contributed by atoms with E-state index in [2.05, 4.69) is 4.98 Å². The second-order valence-electron chi connectivity index (χ2n) is 4.70. The summed E-state index contributed by atoms with van der Waals surface area (Å²) in [6.07, 6.45) is 3.38. The van der Waals surface area contributed by atoms with Gasteiger partial charge in [-0.05, 0) is 25.7 Å². The van der Waals surface area contributed by atoms with Gasteiger partial charge in [-0.2, -0.15) is 0 Å². The summed E-state index contributed by atoms with van der Waals surface area (Å²) in [6, 6.07) is -0.662. The molecule has 1 aliphatic rings. The maximum absolute atomic E-state index is 12.2. The number of nitrogens with zero attached hydrogens (tertiary/aromatic N) is 2. The molecule has 1 atom stereocenters. The van der Waals surface area contributed by atoms with E-state index in [1.54, 1.807) is 11.3 Å². The van der Waals surface area contributed by atoms with Crippen molar-refractivity contribution in [2.24, 2.45) is 0 Å². The van der Waals surface area contributed by atoms with Crippen molar-refractivity contribution >= 4 is 23.2 Å². The van der Waals surface area contributed by atoms with Crippen molar-refractivity contribution in [2.75, 3.05) is 6.54 Å². The van der Waals surface area contributed by atoms with Crippen LogP contribution in [0.15, 0.2) is 5.38 Å². The molecule has 0 radical (unpaired) electrons. The minimum Gasteiger partial charge on any atom is -0.480 e. The second-order valence-corrected chi connectivity index (χ2v) is 5.64. The van der Waals surface area contributed by atoms with Gasteiger partial charge in [0.05, 0.1) is 17.1 Å². The number of carboxylic acids is 1. The maximum Gasteiger partial charge on any atom is 0.326 e. The van der Waals surface area contributed by atoms with E-state index in [0.29, 0.717) is 13.0 Å². The number of carboxylic acid groups (broad SMARTS) is 1. The molecule has 1 aliphatic heterocycles. The summed E-state index contributed by atoms with van der Waals surface area (Å²) in [4.78, 5) is 29.2. The van der Waals surface area contributed by atoms with Gasteiger partial charge < -0.3 is 10.0 Å². The van der Waals surface area contributed by atoms with Crippen molar-refractivity contribution < 1.29 is 14.7 Å². The highest BCUT2D eigenvalue weighted by Crippen LogP contribution is 2.19. The molecule has 1 fully saturated rings. The van der Waals surface area contributed by atoms with Gasteiger partial charge in [0.25, 0.3) is 0 Å². The third-order valence-electron chi connectivity index (χ3n) is 3.34. The molecule has 104 valence electrons. The summed E-state index contributed by atoms with van der Waals surface area (Å²) in [7, 11) is 0. The summed E-state index contributed by atoms with van der Waals surface area (Å²) >= 11 is 1.55. The molecule has 1 aromatic rings. The lowest BCUT2D eigenvalue weighted by Crippen LogP contribution is -2.48. The summed E-state index contributed by atoms with van der Waals surface area (Å²) in [5, 5.41) is 12.1. The predicted molar refractivity (Wildman–Crippen MR) is 72.2 cm³/mol. The number of piperidine rings is 1. The average molecular weight is 282 g/mol. The molecule has 1 aromatic heterocycles. The zero-order valence-corrected chi connectivity index (χ0v) is 11.8. The van der Waals surface area contributed by atoms with Gasteiger partial charge in [-0.15, -0.1) is 11.3 Å². The average Bonchev–Trinajstić information content (AvgIpc) is 2.86. The molecule has 0 aromatic carbocycles. The molecule has 0 spiro atoms. The van der Waals surface area contributed by atoms with Crippen LogP contribution in [0.25, 0.3) is 0 Å². The van der Waals surface area contributed by atoms with Crippen LogP contribution in [-0.2, 0) is 22.4 Å². The molecule has 5 nitrogen and oxygen atoms in total. The third kappa shape index (κ3) is 3.32. The zero-order chi connectivity index (χ0) is 13.8. The predicted octanol–water partition coefficient (Wildman–Crippen LogP) is 1.71. The summed E-state index contributed by atoms with van der Waals surface area (Å²) in [5.41, 5.74) is 0.751. The fourth-order valence-electron chi connectivity index (χ4n) is 2.34. The first kappa shape index (κ1) is 14.0. The van der Waals surface area contributed by atoms with Gasteiger partial charge in [-0.3, -0.25) is 4.79 Å². The quantitative estimate of drug-likeness (QED) is 0.912. The molecule has 0 aliphatic carbocycles. The van der Waals surface area contributed by atoms with E-state index in [0.717, 1.165) is 30.0 Å². The molecule has 2 rings (SSSR count). The Labute approximate surface area is 116 Å². The number of hydrogen-bond acceptors (Lipinski definition) is 4. The first-order valence-corrected chi connectivity index (χ1v) is 7.45. The number of carbonyl (C=O) groups excluding carboxylic acids is 1. The normalized spacial score (nSPS) is 19.4. The summed E-state index contributed by atoms with van der Waals surface area (Å²) in [6.45, 7) is 2.57. The molecule has 2 heterocycles. The van der Waals surface area contributed by atoms with Crippen LogP contribution in [0.4, 0.5) is 0 Å². The Kier molecular flexibility index (Phi) is 4.52. The molecule has 1 amide bonds. The zero-order valence-electron chi connectivity index (χ0n) is 11.0. The number of aliphatic carboxylic acids is 1. The minimum atomic E-state index is -0.902. The van der Waals surface area contributed by atoms with Crippen LogP contribution in [-0.4, -0.2) is 39.5 Å². The van der Waals surface area contributed by atoms with Crippen LogP contribution >= 0.6 is 11.3 Å². The van der Waals surface area contributed by atoms with Crippen molar-refractivity contribution in [3.63, 3.8) is 0 Å². The van der Waals surface area contributed by atoms with Crippen molar-refractivity contribution in [2.45, 2.75) is 45.1 Å². The van der Waals surface area contributed by atoms with E-state index < -0.39 is 12.0 Å². The number of aromatic nitrogens is 1. The molecule has 0 unspecified atom stereocenters. The number of hydrogen-bond donors (Lipinski definition) is 1. The number of thiazole rings is 1. The molecular formula is C13H18N2O3S. The van der Waals surface area contributed by atoms with Crippen LogP contribution in [0.1, 0.15) is 36.9 Å². The van der Waals surface area contributed by atoms with Gasteiger partial charge >= 0.3 is 5.97 Å². The molecule has 6 heteroatoms. The minimum absolute atomic E-state index is 0.125. The SMILES string of the molecule is CCc1nc(CC(=O)N2CCCC[C@@H]2C(=O)O)cs1. The van der Waals surface area contributed by atoms with Gasteiger partial charge in [0, 0.05) is 11.9 Å². The Morgan fingerprint density at radius 1 is 1.53 bits per heavy atom. The van der Waals surface area contributed by atoms with Gasteiger partial charge in [-0.1, -0.05) is 6.92 Å². The van der Waals surface area contributed by atoms with Gasteiger partial charge in [0.1, 0.15) is 6.04 Å².